The highest BCUT2D eigenvalue weighted by Crippen LogP contribution is 2.43. The molecule has 0 atom stereocenters. The Morgan fingerprint density at radius 3 is 2.57 bits per heavy atom. The number of nitrogens with zero attached hydrogens (tertiary/aromatic N) is 2. The summed E-state index contributed by atoms with van der Waals surface area (Å²) in [6.07, 6.45) is 2.34. The van der Waals surface area contributed by atoms with E-state index in [1.54, 1.807) is 14.2 Å². The van der Waals surface area contributed by atoms with Crippen molar-refractivity contribution in [1.82, 2.24) is 9.97 Å². The van der Waals surface area contributed by atoms with Crippen LogP contribution in [0, 0.1) is 3.57 Å². The minimum atomic E-state index is 0.512. The number of nitrogen functional groups attached to an aromatic ring is 1. The van der Waals surface area contributed by atoms with Crippen LogP contribution >= 0.6 is 22.6 Å². The van der Waals surface area contributed by atoms with Gasteiger partial charge in [-0.1, -0.05) is 6.07 Å². The van der Waals surface area contributed by atoms with Crippen LogP contribution in [0.4, 0.5) is 5.82 Å². The highest BCUT2D eigenvalue weighted by Gasteiger charge is 2.29. The smallest absolute Gasteiger partial charge is 0.171 e. The average Bonchev–Trinajstić information content (AvgIpc) is 3.33. The van der Waals surface area contributed by atoms with Crippen LogP contribution in [0.3, 0.4) is 0 Å². The van der Waals surface area contributed by atoms with Crippen molar-refractivity contribution in [3.05, 3.63) is 27.5 Å². The fourth-order valence-corrected chi connectivity index (χ4v) is 2.98. The molecule has 1 fully saturated rings. The van der Waals surface area contributed by atoms with Crippen LogP contribution in [-0.4, -0.2) is 24.2 Å². The normalized spacial score (nSPS) is 14.0. The van der Waals surface area contributed by atoms with Crippen LogP contribution in [0.5, 0.6) is 11.5 Å². The Kier molecular flexibility index (Phi) is 3.88. The summed E-state index contributed by atoms with van der Waals surface area (Å²) in [7, 11) is 3.22. The fourth-order valence-electron chi connectivity index (χ4n) is 2.29. The lowest BCUT2D eigenvalue weighted by atomic mass is 10.1. The standard InChI is InChI=1S/C15H16IN3O2/c1-20-10-5-3-4-9(13(10)21-2)15-18-12(8-6-7-8)11(16)14(17)19-15/h3-5,8H,6-7H2,1-2H3,(H2,17,18,19). The van der Waals surface area contributed by atoms with Gasteiger partial charge in [-0.2, -0.15) is 0 Å². The Hall–Kier alpha value is -1.57. The van der Waals surface area contributed by atoms with Gasteiger partial charge < -0.3 is 15.2 Å². The number of benzene rings is 1. The van der Waals surface area contributed by atoms with Crippen molar-refractivity contribution in [2.75, 3.05) is 20.0 Å². The van der Waals surface area contributed by atoms with E-state index in [9.17, 15) is 0 Å². The fraction of sp³-hybridized carbons (Fsp3) is 0.333. The number of para-hydroxylation sites is 1. The number of methoxy groups -OCH3 is 2. The zero-order chi connectivity index (χ0) is 15.0. The van der Waals surface area contributed by atoms with Crippen LogP contribution in [-0.2, 0) is 0 Å². The molecule has 21 heavy (non-hydrogen) atoms. The van der Waals surface area contributed by atoms with E-state index < -0.39 is 0 Å². The molecule has 1 aromatic carbocycles. The summed E-state index contributed by atoms with van der Waals surface area (Å²) >= 11 is 2.22. The summed E-state index contributed by atoms with van der Waals surface area (Å²) in [6, 6.07) is 5.66. The summed E-state index contributed by atoms with van der Waals surface area (Å²) in [6.45, 7) is 0. The predicted molar refractivity (Wildman–Crippen MR) is 89.7 cm³/mol. The first kappa shape index (κ1) is 14.4. The molecule has 3 rings (SSSR count). The predicted octanol–water partition coefficient (Wildman–Crippen LogP) is 3.23. The van der Waals surface area contributed by atoms with Crippen LogP contribution in [0.15, 0.2) is 18.2 Å². The molecule has 1 heterocycles. The minimum absolute atomic E-state index is 0.512. The lowest BCUT2D eigenvalue weighted by molar-refractivity contribution is 0.356. The summed E-state index contributed by atoms with van der Waals surface area (Å²) in [5.74, 6) is 2.90. The SMILES string of the molecule is COc1cccc(-c2nc(N)c(I)c(C3CC3)n2)c1OC. The van der Waals surface area contributed by atoms with Crippen molar-refractivity contribution in [3.63, 3.8) is 0 Å². The van der Waals surface area contributed by atoms with E-state index >= 15 is 0 Å². The van der Waals surface area contributed by atoms with Crippen molar-refractivity contribution < 1.29 is 9.47 Å². The quantitative estimate of drug-likeness (QED) is 0.803. The van der Waals surface area contributed by atoms with Gasteiger partial charge >= 0.3 is 0 Å². The van der Waals surface area contributed by atoms with Gasteiger partial charge in [-0.3, -0.25) is 0 Å². The van der Waals surface area contributed by atoms with Crippen molar-refractivity contribution >= 4 is 28.4 Å². The van der Waals surface area contributed by atoms with Gasteiger partial charge in [0.25, 0.3) is 0 Å². The molecule has 0 spiro atoms. The number of rotatable bonds is 4. The number of hydrogen-bond donors (Lipinski definition) is 1. The third-order valence-electron chi connectivity index (χ3n) is 3.51. The van der Waals surface area contributed by atoms with Gasteiger partial charge in [-0.25, -0.2) is 9.97 Å². The zero-order valence-corrected chi connectivity index (χ0v) is 14.0. The maximum Gasteiger partial charge on any atom is 0.171 e. The summed E-state index contributed by atoms with van der Waals surface area (Å²) in [4.78, 5) is 9.14. The van der Waals surface area contributed by atoms with Crippen molar-refractivity contribution in [2.45, 2.75) is 18.8 Å². The van der Waals surface area contributed by atoms with Gasteiger partial charge in [0.1, 0.15) is 5.82 Å². The average molecular weight is 397 g/mol. The van der Waals surface area contributed by atoms with Crippen molar-refractivity contribution in [1.29, 1.82) is 0 Å². The van der Waals surface area contributed by atoms with Crippen LogP contribution in [0.2, 0.25) is 0 Å². The number of hydrogen-bond acceptors (Lipinski definition) is 5. The van der Waals surface area contributed by atoms with E-state index in [0.717, 1.165) is 14.8 Å². The minimum Gasteiger partial charge on any atom is -0.493 e. The molecule has 2 aromatic rings. The summed E-state index contributed by atoms with van der Waals surface area (Å²) in [5.41, 5.74) is 7.89. The first-order chi connectivity index (χ1) is 10.2. The summed E-state index contributed by atoms with van der Waals surface area (Å²) < 4.78 is 11.7. The lowest BCUT2D eigenvalue weighted by Gasteiger charge is -2.13. The maximum absolute atomic E-state index is 6.06. The number of halogens is 1. The van der Waals surface area contributed by atoms with Gasteiger partial charge in [0, 0.05) is 5.92 Å². The van der Waals surface area contributed by atoms with Gasteiger partial charge in [0.05, 0.1) is 29.0 Å². The van der Waals surface area contributed by atoms with Gasteiger partial charge in [0.2, 0.25) is 0 Å². The lowest BCUT2D eigenvalue weighted by Crippen LogP contribution is -2.05. The van der Waals surface area contributed by atoms with Crippen molar-refractivity contribution in [2.24, 2.45) is 0 Å². The molecule has 0 unspecified atom stereocenters. The van der Waals surface area contributed by atoms with Gasteiger partial charge in [-0.05, 0) is 47.6 Å². The molecule has 110 valence electrons. The number of anilines is 1. The van der Waals surface area contributed by atoms with Crippen LogP contribution in [0.25, 0.3) is 11.4 Å². The molecule has 2 N–H and O–H groups in total. The largest absolute Gasteiger partial charge is 0.493 e. The molecule has 0 aliphatic heterocycles. The number of nitrogens with two attached hydrogens (primary N) is 1. The first-order valence-corrected chi connectivity index (χ1v) is 7.77. The van der Waals surface area contributed by atoms with Crippen LogP contribution < -0.4 is 15.2 Å². The highest BCUT2D eigenvalue weighted by molar-refractivity contribution is 14.1. The molecule has 0 radical (unpaired) electrons. The van der Waals surface area contributed by atoms with Crippen molar-refractivity contribution in [3.8, 4) is 22.9 Å². The Labute approximate surface area is 137 Å². The Morgan fingerprint density at radius 1 is 1.19 bits per heavy atom. The number of aromatic nitrogens is 2. The molecule has 0 amide bonds. The second kappa shape index (κ2) is 5.67. The Morgan fingerprint density at radius 2 is 1.95 bits per heavy atom. The van der Waals surface area contributed by atoms with E-state index in [4.69, 9.17) is 20.2 Å². The molecule has 5 nitrogen and oxygen atoms in total. The maximum atomic E-state index is 6.06. The molecular formula is C15H16IN3O2. The molecule has 0 bridgehead atoms. The van der Waals surface area contributed by atoms with E-state index in [-0.39, 0.29) is 0 Å². The molecule has 1 aliphatic carbocycles. The highest BCUT2D eigenvalue weighted by atomic mass is 127. The summed E-state index contributed by atoms with van der Waals surface area (Å²) in [5, 5.41) is 0. The Bertz CT molecular complexity index is 687. The topological polar surface area (TPSA) is 70.3 Å². The van der Waals surface area contributed by atoms with E-state index in [1.165, 1.54) is 12.8 Å². The first-order valence-electron chi connectivity index (χ1n) is 6.70. The van der Waals surface area contributed by atoms with Crippen LogP contribution in [0.1, 0.15) is 24.5 Å². The van der Waals surface area contributed by atoms with E-state index in [2.05, 4.69) is 27.6 Å². The molecule has 0 saturated heterocycles. The zero-order valence-electron chi connectivity index (χ0n) is 11.9. The third-order valence-corrected chi connectivity index (χ3v) is 4.62. The van der Waals surface area contributed by atoms with E-state index in [0.29, 0.717) is 29.1 Å². The monoisotopic (exact) mass is 397 g/mol. The van der Waals surface area contributed by atoms with E-state index in [1.807, 2.05) is 18.2 Å². The number of ether oxygens (including phenoxy) is 2. The molecule has 1 aromatic heterocycles. The molecule has 1 saturated carbocycles. The molecule has 1 aliphatic rings. The Balaban J connectivity index is 2.16. The van der Waals surface area contributed by atoms with Gasteiger partial charge in [-0.15, -0.1) is 0 Å². The second-order valence-electron chi connectivity index (χ2n) is 4.95. The molecular weight excluding hydrogens is 381 g/mol. The van der Waals surface area contributed by atoms with Gasteiger partial charge in [0.15, 0.2) is 17.3 Å². The molecule has 6 heteroatoms. The third kappa shape index (κ3) is 2.64. The second-order valence-corrected chi connectivity index (χ2v) is 6.03.